The molecule has 1 N–H and O–H groups in total. The summed E-state index contributed by atoms with van der Waals surface area (Å²) in [5, 5.41) is 2.99. The van der Waals surface area contributed by atoms with E-state index in [4.69, 9.17) is 4.98 Å². The van der Waals surface area contributed by atoms with Crippen molar-refractivity contribution >= 4 is 23.4 Å². The highest BCUT2D eigenvalue weighted by molar-refractivity contribution is 5.89. The second-order valence-electron chi connectivity index (χ2n) is 8.90. The van der Waals surface area contributed by atoms with Crippen molar-refractivity contribution < 1.29 is 9.59 Å². The first-order chi connectivity index (χ1) is 15.4. The number of carbonyl (C=O) groups is 2. The number of hydrogen-bond acceptors (Lipinski definition) is 5. The van der Waals surface area contributed by atoms with Gasteiger partial charge in [-0.25, -0.2) is 14.8 Å². The molecule has 0 atom stereocenters. The number of carbonyl (C=O) groups excluding carboxylic acids is 2. The van der Waals surface area contributed by atoms with Gasteiger partial charge in [-0.05, 0) is 31.0 Å². The van der Waals surface area contributed by atoms with Crippen LogP contribution in [0, 0.1) is 6.92 Å². The number of benzene rings is 1. The first-order valence-electron chi connectivity index (χ1n) is 11.4. The van der Waals surface area contributed by atoms with E-state index >= 15 is 0 Å². The number of urea groups is 1. The van der Waals surface area contributed by atoms with Crippen LogP contribution in [0.1, 0.15) is 49.7 Å². The maximum absolute atomic E-state index is 12.7. The lowest BCUT2D eigenvalue weighted by atomic mass is 10.2. The molecule has 2 saturated heterocycles. The molecule has 2 aliphatic rings. The lowest BCUT2D eigenvalue weighted by Crippen LogP contribution is -2.50. The van der Waals surface area contributed by atoms with Gasteiger partial charge in [0, 0.05) is 69.1 Å². The van der Waals surface area contributed by atoms with Crippen molar-refractivity contribution in [3.05, 3.63) is 47.4 Å². The van der Waals surface area contributed by atoms with Gasteiger partial charge in [-0.1, -0.05) is 26.0 Å². The summed E-state index contributed by atoms with van der Waals surface area (Å²) in [7, 11) is 0. The molecule has 0 radical (unpaired) electrons. The Morgan fingerprint density at radius 3 is 2.41 bits per heavy atom. The van der Waals surface area contributed by atoms with Gasteiger partial charge < -0.3 is 20.0 Å². The molecule has 4 rings (SSSR count). The molecule has 0 aliphatic carbocycles. The molecule has 2 fully saturated rings. The maximum Gasteiger partial charge on any atom is 0.321 e. The molecule has 8 heteroatoms. The standard InChI is InChI=1S/C24H32N6O2/c1-17(2)23-25-18(3)15-21(27-23)28-11-13-29(14-12-28)24(32)26-20-8-6-19(7-9-20)16-30-10-4-5-22(30)31/h6-9,15,17H,4-5,10-14,16H2,1-3H3,(H,26,32). The van der Waals surface area contributed by atoms with E-state index in [1.54, 1.807) is 0 Å². The van der Waals surface area contributed by atoms with Crippen LogP contribution in [-0.2, 0) is 11.3 Å². The van der Waals surface area contributed by atoms with Gasteiger partial charge in [-0.2, -0.15) is 0 Å². The number of anilines is 2. The molecule has 2 aromatic rings. The molecular formula is C24H32N6O2. The minimum atomic E-state index is -0.0890. The summed E-state index contributed by atoms with van der Waals surface area (Å²) < 4.78 is 0. The fraction of sp³-hybridized carbons (Fsp3) is 0.500. The Hall–Kier alpha value is -3.16. The highest BCUT2D eigenvalue weighted by Gasteiger charge is 2.23. The van der Waals surface area contributed by atoms with Crippen molar-refractivity contribution in [3.63, 3.8) is 0 Å². The molecule has 3 amide bonds. The summed E-state index contributed by atoms with van der Waals surface area (Å²) in [5.41, 5.74) is 2.81. The minimum Gasteiger partial charge on any atom is -0.353 e. The molecular weight excluding hydrogens is 404 g/mol. The lowest BCUT2D eigenvalue weighted by molar-refractivity contribution is -0.128. The van der Waals surface area contributed by atoms with E-state index in [1.807, 2.05) is 47.1 Å². The zero-order chi connectivity index (χ0) is 22.7. The van der Waals surface area contributed by atoms with Gasteiger partial charge in [0.25, 0.3) is 0 Å². The van der Waals surface area contributed by atoms with Crippen LogP contribution >= 0.6 is 0 Å². The van der Waals surface area contributed by atoms with Crippen molar-refractivity contribution in [2.45, 2.75) is 46.1 Å². The Balaban J connectivity index is 1.30. The van der Waals surface area contributed by atoms with Crippen LogP contribution in [0.2, 0.25) is 0 Å². The zero-order valence-electron chi connectivity index (χ0n) is 19.2. The van der Waals surface area contributed by atoms with Crippen LogP contribution < -0.4 is 10.2 Å². The number of amides is 3. The Morgan fingerprint density at radius 1 is 1.06 bits per heavy atom. The summed E-state index contributed by atoms with van der Waals surface area (Å²) in [5.74, 6) is 2.30. The lowest BCUT2D eigenvalue weighted by Gasteiger charge is -2.35. The fourth-order valence-electron chi connectivity index (χ4n) is 4.12. The second-order valence-corrected chi connectivity index (χ2v) is 8.90. The third-order valence-corrected chi connectivity index (χ3v) is 6.02. The number of hydrogen-bond donors (Lipinski definition) is 1. The van der Waals surface area contributed by atoms with Gasteiger partial charge >= 0.3 is 6.03 Å². The van der Waals surface area contributed by atoms with Crippen LogP contribution in [0.5, 0.6) is 0 Å². The second kappa shape index (κ2) is 9.54. The first kappa shape index (κ1) is 22.0. The van der Waals surface area contributed by atoms with Crippen LogP contribution in [0.3, 0.4) is 0 Å². The average molecular weight is 437 g/mol. The number of rotatable bonds is 5. The van der Waals surface area contributed by atoms with Gasteiger partial charge in [0.15, 0.2) is 0 Å². The van der Waals surface area contributed by atoms with E-state index in [0.29, 0.717) is 26.1 Å². The maximum atomic E-state index is 12.7. The number of piperazine rings is 1. The Bertz CT molecular complexity index is 967. The van der Waals surface area contributed by atoms with Crippen molar-refractivity contribution in [1.29, 1.82) is 0 Å². The molecule has 170 valence electrons. The summed E-state index contributed by atoms with van der Waals surface area (Å²) in [6.07, 6.45) is 1.59. The molecule has 8 nitrogen and oxygen atoms in total. The van der Waals surface area contributed by atoms with Crippen molar-refractivity contribution in [1.82, 2.24) is 19.8 Å². The summed E-state index contributed by atoms with van der Waals surface area (Å²) in [6, 6.07) is 9.68. The molecule has 1 aromatic heterocycles. The van der Waals surface area contributed by atoms with E-state index in [2.05, 4.69) is 29.0 Å². The Morgan fingerprint density at radius 2 is 1.78 bits per heavy atom. The summed E-state index contributed by atoms with van der Waals surface area (Å²) in [4.78, 5) is 39.7. The van der Waals surface area contributed by atoms with Crippen molar-refractivity contribution in [3.8, 4) is 0 Å². The third-order valence-electron chi connectivity index (χ3n) is 6.02. The van der Waals surface area contributed by atoms with Gasteiger partial charge in [-0.15, -0.1) is 0 Å². The third kappa shape index (κ3) is 5.18. The SMILES string of the molecule is Cc1cc(N2CCN(C(=O)Nc3ccc(CN4CCCC4=O)cc3)CC2)nc(C(C)C)n1. The number of aromatic nitrogens is 2. The molecule has 1 aromatic carbocycles. The topological polar surface area (TPSA) is 81.7 Å². The highest BCUT2D eigenvalue weighted by Crippen LogP contribution is 2.20. The molecule has 2 aliphatic heterocycles. The van der Waals surface area contributed by atoms with E-state index in [-0.39, 0.29) is 17.9 Å². The smallest absolute Gasteiger partial charge is 0.321 e. The normalized spacial score (nSPS) is 16.8. The molecule has 3 heterocycles. The highest BCUT2D eigenvalue weighted by atomic mass is 16.2. The van der Waals surface area contributed by atoms with Crippen LogP contribution in [0.25, 0.3) is 0 Å². The van der Waals surface area contributed by atoms with Gasteiger partial charge in [0.05, 0.1) is 0 Å². The van der Waals surface area contributed by atoms with E-state index in [9.17, 15) is 9.59 Å². The Labute approximate surface area is 189 Å². The number of aryl methyl sites for hydroxylation is 1. The monoisotopic (exact) mass is 436 g/mol. The van der Waals surface area contributed by atoms with Crippen LogP contribution in [-0.4, -0.2) is 64.4 Å². The first-order valence-corrected chi connectivity index (χ1v) is 11.4. The van der Waals surface area contributed by atoms with E-state index in [1.165, 1.54) is 0 Å². The number of likely N-dealkylation sites (tertiary alicyclic amines) is 1. The van der Waals surface area contributed by atoms with Gasteiger partial charge in [0.1, 0.15) is 11.6 Å². The van der Waals surface area contributed by atoms with Crippen molar-refractivity contribution in [2.75, 3.05) is 42.9 Å². The zero-order valence-corrected chi connectivity index (χ0v) is 19.2. The molecule has 0 bridgehead atoms. The molecule has 0 spiro atoms. The fourth-order valence-corrected chi connectivity index (χ4v) is 4.12. The summed E-state index contributed by atoms with van der Waals surface area (Å²) >= 11 is 0. The van der Waals surface area contributed by atoms with Crippen molar-refractivity contribution in [2.24, 2.45) is 0 Å². The minimum absolute atomic E-state index is 0.0890. The predicted molar refractivity (Wildman–Crippen MR) is 125 cm³/mol. The largest absolute Gasteiger partial charge is 0.353 e. The number of nitrogens with one attached hydrogen (secondary N) is 1. The van der Waals surface area contributed by atoms with E-state index < -0.39 is 0 Å². The van der Waals surface area contributed by atoms with Crippen LogP contribution in [0.15, 0.2) is 30.3 Å². The molecule has 0 unspecified atom stereocenters. The quantitative estimate of drug-likeness (QED) is 0.777. The molecule has 0 saturated carbocycles. The number of nitrogens with zero attached hydrogens (tertiary/aromatic N) is 5. The predicted octanol–water partition coefficient (Wildman–Crippen LogP) is 3.38. The van der Waals surface area contributed by atoms with Crippen LogP contribution in [0.4, 0.5) is 16.3 Å². The van der Waals surface area contributed by atoms with E-state index in [0.717, 1.165) is 54.6 Å². The average Bonchev–Trinajstić information content (AvgIpc) is 3.19. The van der Waals surface area contributed by atoms with Gasteiger partial charge in [0.2, 0.25) is 5.91 Å². The molecule has 32 heavy (non-hydrogen) atoms. The Kier molecular flexibility index (Phi) is 6.58. The van der Waals surface area contributed by atoms with Gasteiger partial charge in [-0.3, -0.25) is 4.79 Å². The summed E-state index contributed by atoms with van der Waals surface area (Å²) in [6.45, 7) is 10.4.